The summed E-state index contributed by atoms with van der Waals surface area (Å²) in [5.41, 5.74) is 12.4. The van der Waals surface area contributed by atoms with Gasteiger partial charge in [-0.3, -0.25) is 9.59 Å². The van der Waals surface area contributed by atoms with Gasteiger partial charge in [-0.05, 0) is 91.8 Å². The molecule has 0 aliphatic heterocycles. The lowest BCUT2D eigenvalue weighted by molar-refractivity contribution is -0.123. The van der Waals surface area contributed by atoms with Crippen molar-refractivity contribution in [2.75, 3.05) is 0 Å². The lowest BCUT2D eigenvalue weighted by atomic mass is 9.86. The van der Waals surface area contributed by atoms with E-state index in [4.69, 9.17) is 22.1 Å². The molecule has 0 radical (unpaired) electrons. The fraction of sp³-hybridized carbons (Fsp3) is 0.333. The predicted molar refractivity (Wildman–Crippen MR) is 162 cm³/mol. The highest BCUT2D eigenvalue weighted by Gasteiger charge is 2.19. The van der Waals surface area contributed by atoms with Crippen LogP contribution in [0, 0.1) is 13.8 Å². The van der Waals surface area contributed by atoms with E-state index in [1.807, 2.05) is 31.2 Å². The summed E-state index contributed by atoms with van der Waals surface area (Å²) in [6.07, 6.45) is -0.749. The molecule has 40 heavy (non-hydrogen) atoms. The van der Waals surface area contributed by atoms with Crippen LogP contribution < -0.4 is 15.8 Å². The van der Waals surface area contributed by atoms with Crippen LogP contribution in [-0.4, -0.2) is 22.5 Å². The summed E-state index contributed by atoms with van der Waals surface area (Å²) in [6.45, 7) is 14.8. The molecule has 7 heteroatoms. The van der Waals surface area contributed by atoms with E-state index >= 15 is 0 Å². The number of halogens is 1. The van der Waals surface area contributed by atoms with E-state index in [0.29, 0.717) is 22.9 Å². The smallest absolute Gasteiger partial charge is 0.258 e. The van der Waals surface area contributed by atoms with Crippen LogP contribution in [0.25, 0.3) is 10.9 Å². The summed E-state index contributed by atoms with van der Waals surface area (Å²) in [7, 11) is 0. The zero-order valence-electron chi connectivity index (χ0n) is 24.3. The Hall–Kier alpha value is -3.77. The molecule has 0 fully saturated rings. The third-order valence-electron chi connectivity index (χ3n) is 7.58. The van der Waals surface area contributed by atoms with Crippen molar-refractivity contribution in [1.29, 1.82) is 0 Å². The number of carbonyl (C=O) groups excluding carboxylic acids is 2. The molecular formula is C33H38ClN3O3. The van der Waals surface area contributed by atoms with Crippen molar-refractivity contribution in [2.45, 2.75) is 72.6 Å². The summed E-state index contributed by atoms with van der Waals surface area (Å²) >= 11 is 6.54. The topological polar surface area (TPSA) is 86.3 Å². The number of hydrogen-bond acceptors (Lipinski definition) is 3. The van der Waals surface area contributed by atoms with Crippen LogP contribution in [0.4, 0.5) is 0 Å². The molecule has 1 aromatic heterocycles. The zero-order valence-corrected chi connectivity index (χ0v) is 25.0. The molecule has 1 heterocycles. The summed E-state index contributed by atoms with van der Waals surface area (Å²) in [4.78, 5) is 24.7. The summed E-state index contributed by atoms with van der Waals surface area (Å²) < 4.78 is 7.85. The van der Waals surface area contributed by atoms with Crippen LogP contribution in [0.1, 0.15) is 79.0 Å². The van der Waals surface area contributed by atoms with Crippen molar-refractivity contribution < 1.29 is 14.3 Å². The molecule has 6 nitrogen and oxygen atoms in total. The SMILES string of the molecule is Cc1c(C)n(Cc2cc(OC(C)C(N)=O)ccc2Cl)c2ccc(C(=O)NC(C)c3ccc(C(C)(C)C)cc3)cc12. The second-order valence-electron chi connectivity index (χ2n) is 11.5. The monoisotopic (exact) mass is 559 g/mol. The molecule has 4 rings (SSSR count). The molecular weight excluding hydrogens is 522 g/mol. The van der Waals surface area contributed by atoms with E-state index in [0.717, 1.165) is 33.3 Å². The fourth-order valence-electron chi connectivity index (χ4n) is 4.81. The number of hydrogen-bond donors (Lipinski definition) is 2. The first-order chi connectivity index (χ1) is 18.8. The number of nitrogens with two attached hydrogens (primary N) is 1. The average Bonchev–Trinajstić information content (AvgIpc) is 3.14. The van der Waals surface area contributed by atoms with E-state index in [-0.39, 0.29) is 17.4 Å². The van der Waals surface area contributed by atoms with Crippen LogP contribution in [0.2, 0.25) is 5.02 Å². The van der Waals surface area contributed by atoms with Gasteiger partial charge >= 0.3 is 0 Å². The van der Waals surface area contributed by atoms with Gasteiger partial charge in [0.1, 0.15) is 5.75 Å². The Morgan fingerprint density at radius 3 is 2.30 bits per heavy atom. The molecule has 0 saturated heterocycles. The molecule has 0 aliphatic carbocycles. The first kappa shape index (κ1) is 29.2. The van der Waals surface area contributed by atoms with Crippen molar-refractivity contribution in [3.05, 3.63) is 99.2 Å². The second kappa shape index (κ2) is 11.4. The van der Waals surface area contributed by atoms with Gasteiger partial charge in [-0.15, -0.1) is 0 Å². The lowest BCUT2D eigenvalue weighted by Gasteiger charge is -2.21. The maximum atomic E-state index is 13.2. The number of fused-ring (bicyclic) bond motifs is 1. The number of amides is 2. The normalized spacial score (nSPS) is 13.2. The van der Waals surface area contributed by atoms with Gasteiger partial charge in [-0.1, -0.05) is 56.6 Å². The Morgan fingerprint density at radius 1 is 1.00 bits per heavy atom. The first-order valence-corrected chi connectivity index (χ1v) is 13.9. The van der Waals surface area contributed by atoms with Crippen LogP contribution in [0.3, 0.4) is 0 Å². The van der Waals surface area contributed by atoms with Crippen LogP contribution in [0.15, 0.2) is 60.7 Å². The summed E-state index contributed by atoms with van der Waals surface area (Å²) in [5, 5.41) is 4.75. The van der Waals surface area contributed by atoms with Crippen LogP contribution in [0.5, 0.6) is 5.75 Å². The number of benzene rings is 3. The molecule has 0 aliphatic rings. The molecule has 2 atom stereocenters. The van der Waals surface area contributed by atoms with E-state index in [1.165, 1.54) is 5.56 Å². The second-order valence-corrected chi connectivity index (χ2v) is 11.9. The molecule has 2 amide bonds. The molecule has 0 bridgehead atoms. The van der Waals surface area contributed by atoms with Gasteiger partial charge in [-0.2, -0.15) is 0 Å². The van der Waals surface area contributed by atoms with E-state index in [1.54, 1.807) is 19.1 Å². The Labute approximate surface area is 241 Å². The minimum Gasteiger partial charge on any atom is -0.481 e. The predicted octanol–water partition coefficient (Wildman–Crippen LogP) is 7.00. The summed E-state index contributed by atoms with van der Waals surface area (Å²) in [5.74, 6) is -0.125. The van der Waals surface area contributed by atoms with Gasteiger partial charge < -0.3 is 20.4 Å². The standard InChI is InChI=1S/C33H38ClN3O3/c1-19-21(3)37(18-25-16-27(13-14-29(25)34)40-22(4)31(35)38)30-15-10-24(17-28(19)30)32(39)36-20(2)23-8-11-26(12-9-23)33(5,6)7/h8-17,20,22H,18H2,1-7H3,(H2,35,38)(H,36,39). The fourth-order valence-corrected chi connectivity index (χ4v) is 4.99. The maximum absolute atomic E-state index is 13.2. The largest absolute Gasteiger partial charge is 0.481 e. The third-order valence-corrected chi connectivity index (χ3v) is 7.95. The molecule has 3 N–H and O–H groups in total. The highest BCUT2D eigenvalue weighted by atomic mass is 35.5. The quantitative estimate of drug-likeness (QED) is 0.244. The summed E-state index contributed by atoms with van der Waals surface area (Å²) in [6, 6.07) is 19.4. The average molecular weight is 560 g/mol. The third kappa shape index (κ3) is 6.18. The van der Waals surface area contributed by atoms with E-state index in [2.05, 4.69) is 68.8 Å². The molecule has 3 aromatic carbocycles. The number of primary amides is 1. The van der Waals surface area contributed by atoms with Crippen molar-refractivity contribution in [3.63, 3.8) is 0 Å². The van der Waals surface area contributed by atoms with Crippen LogP contribution >= 0.6 is 11.6 Å². The van der Waals surface area contributed by atoms with Gasteiger partial charge in [0, 0.05) is 33.7 Å². The number of aryl methyl sites for hydroxylation is 1. The highest BCUT2D eigenvalue weighted by molar-refractivity contribution is 6.31. The van der Waals surface area contributed by atoms with Gasteiger partial charge in [-0.25, -0.2) is 0 Å². The number of carbonyl (C=O) groups is 2. The van der Waals surface area contributed by atoms with Crippen molar-refractivity contribution in [1.82, 2.24) is 9.88 Å². The Balaban J connectivity index is 1.57. The van der Waals surface area contributed by atoms with Gasteiger partial charge in [0.15, 0.2) is 6.10 Å². The number of aromatic nitrogens is 1. The van der Waals surface area contributed by atoms with Gasteiger partial charge in [0.25, 0.3) is 11.8 Å². The Morgan fingerprint density at radius 2 is 1.68 bits per heavy atom. The minimum atomic E-state index is -0.749. The molecule has 0 saturated carbocycles. The Kier molecular flexibility index (Phi) is 8.31. The zero-order chi connectivity index (χ0) is 29.4. The number of nitrogens with one attached hydrogen (secondary N) is 1. The van der Waals surface area contributed by atoms with Gasteiger partial charge in [0.2, 0.25) is 0 Å². The van der Waals surface area contributed by atoms with Crippen molar-refractivity contribution in [2.24, 2.45) is 5.73 Å². The number of rotatable bonds is 8. The Bertz CT molecular complexity index is 1560. The number of ether oxygens (including phenoxy) is 1. The van der Waals surface area contributed by atoms with Crippen molar-refractivity contribution in [3.8, 4) is 5.75 Å². The van der Waals surface area contributed by atoms with Gasteiger partial charge in [0.05, 0.1) is 6.04 Å². The molecule has 210 valence electrons. The lowest BCUT2D eigenvalue weighted by Crippen LogP contribution is -2.30. The number of nitrogens with zero attached hydrogens (tertiary/aromatic N) is 1. The van der Waals surface area contributed by atoms with E-state index < -0.39 is 12.0 Å². The van der Waals surface area contributed by atoms with Crippen LogP contribution in [-0.2, 0) is 16.8 Å². The molecule has 4 aromatic rings. The molecule has 2 unspecified atom stereocenters. The minimum absolute atomic E-state index is 0.0816. The highest BCUT2D eigenvalue weighted by Crippen LogP contribution is 2.31. The van der Waals surface area contributed by atoms with Crippen molar-refractivity contribution >= 4 is 34.3 Å². The maximum Gasteiger partial charge on any atom is 0.258 e. The first-order valence-electron chi connectivity index (χ1n) is 13.5. The molecule has 0 spiro atoms. The van der Waals surface area contributed by atoms with E-state index in [9.17, 15) is 9.59 Å².